The summed E-state index contributed by atoms with van der Waals surface area (Å²) >= 11 is 6.32. The van der Waals surface area contributed by atoms with Crippen molar-refractivity contribution in [2.75, 3.05) is 13.7 Å². The van der Waals surface area contributed by atoms with Gasteiger partial charge in [-0.15, -0.1) is 0 Å². The highest BCUT2D eigenvalue weighted by atomic mass is 35.5. The van der Waals surface area contributed by atoms with Crippen molar-refractivity contribution in [3.05, 3.63) is 46.7 Å². The standard InChI is InChI=1S/C20H24ClN3O5/c1-5-12(2)17(20(27)28-4)22-15(25)11-29-19(26)16-13(3)23-24(18(16)21)14-9-7-6-8-10-14/h6-10,12,17H,5,11H2,1-4H3,(H,22,25)/t12-,17-/m0/s1. The second-order valence-corrected chi connectivity index (χ2v) is 6.89. The topological polar surface area (TPSA) is 99.5 Å². The zero-order chi connectivity index (χ0) is 21.6. The lowest BCUT2D eigenvalue weighted by atomic mass is 9.99. The van der Waals surface area contributed by atoms with Crippen LogP contribution in [-0.4, -0.2) is 47.4 Å². The van der Waals surface area contributed by atoms with Gasteiger partial charge in [0.1, 0.15) is 16.8 Å². The number of methoxy groups -OCH3 is 1. The van der Waals surface area contributed by atoms with E-state index in [1.807, 2.05) is 32.0 Å². The smallest absolute Gasteiger partial charge is 0.343 e. The molecule has 0 saturated heterocycles. The number of nitrogens with zero attached hydrogens (tertiary/aromatic N) is 2. The number of aromatic nitrogens is 2. The molecule has 0 bridgehead atoms. The highest BCUT2D eigenvalue weighted by Gasteiger charge is 2.28. The van der Waals surface area contributed by atoms with Crippen LogP contribution in [0.5, 0.6) is 0 Å². The molecule has 0 spiro atoms. The maximum atomic E-state index is 12.5. The van der Waals surface area contributed by atoms with Gasteiger partial charge < -0.3 is 14.8 Å². The van der Waals surface area contributed by atoms with Gasteiger partial charge in [-0.2, -0.15) is 5.10 Å². The molecule has 9 heteroatoms. The number of esters is 2. The van der Waals surface area contributed by atoms with E-state index in [0.717, 1.165) is 0 Å². The maximum absolute atomic E-state index is 12.5. The monoisotopic (exact) mass is 421 g/mol. The Morgan fingerprint density at radius 2 is 1.90 bits per heavy atom. The van der Waals surface area contributed by atoms with Crippen LogP contribution < -0.4 is 5.32 Å². The van der Waals surface area contributed by atoms with E-state index in [1.54, 1.807) is 19.1 Å². The van der Waals surface area contributed by atoms with E-state index in [0.29, 0.717) is 17.8 Å². The van der Waals surface area contributed by atoms with Crippen molar-refractivity contribution < 1.29 is 23.9 Å². The summed E-state index contributed by atoms with van der Waals surface area (Å²) in [6.07, 6.45) is 0.660. The average molecular weight is 422 g/mol. The molecule has 0 aliphatic carbocycles. The SMILES string of the molecule is CC[C@H](C)[C@H](NC(=O)COC(=O)c1c(C)nn(-c2ccccc2)c1Cl)C(=O)OC. The highest BCUT2D eigenvalue weighted by Crippen LogP contribution is 2.24. The molecule has 0 fully saturated rings. The number of halogens is 1. The van der Waals surface area contributed by atoms with Crippen LogP contribution >= 0.6 is 11.6 Å². The molecule has 156 valence electrons. The molecular formula is C20H24ClN3O5. The molecule has 2 aromatic rings. The second kappa shape index (κ2) is 10.1. The minimum atomic E-state index is -0.817. The molecule has 2 rings (SSSR count). The average Bonchev–Trinajstić information content (AvgIpc) is 3.03. The Bertz CT molecular complexity index is 882. The van der Waals surface area contributed by atoms with Crippen LogP contribution in [-0.2, 0) is 19.1 Å². The summed E-state index contributed by atoms with van der Waals surface area (Å²) in [6.45, 7) is 4.77. The molecule has 1 N–H and O–H groups in total. The molecule has 1 aromatic carbocycles. The van der Waals surface area contributed by atoms with Crippen LogP contribution in [0.15, 0.2) is 30.3 Å². The Morgan fingerprint density at radius 1 is 1.24 bits per heavy atom. The molecule has 0 saturated carbocycles. The van der Waals surface area contributed by atoms with Gasteiger partial charge in [0, 0.05) is 0 Å². The summed E-state index contributed by atoms with van der Waals surface area (Å²) in [5.74, 6) is -2.08. The number of ether oxygens (including phenoxy) is 2. The van der Waals surface area contributed by atoms with Crippen LogP contribution in [0.2, 0.25) is 5.15 Å². The van der Waals surface area contributed by atoms with E-state index >= 15 is 0 Å². The predicted molar refractivity (Wildman–Crippen MR) is 107 cm³/mol. The van der Waals surface area contributed by atoms with Crippen molar-refractivity contribution in [2.24, 2.45) is 5.92 Å². The molecule has 0 aliphatic rings. The minimum Gasteiger partial charge on any atom is -0.467 e. The first kappa shape index (κ1) is 22.4. The Hall–Kier alpha value is -2.87. The number of benzene rings is 1. The number of carbonyl (C=O) groups is 3. The van der Waals surface area contributed by atoms with Crippen LogP contribution in [0.25, 0.3) is 5.69 Å². The summed E-state index contributed by atoms with van der Waals surface area (Å²) in [7, 11) is 1.25. The second-order valence-electron chi connectivity index (χ2n) is 6.53. The molecule has 1 heterocycles. The fourth-order valence-corrected chi connectivity index (χ4v) is 3.04. The first-order chi connectivity index (χ1) is 13.8. The molecule has 0 aliphatic heterocycles. The third kappa shape index (κ3) is 5.35. The van der Waals surface area contributed by atoms with Crippen LogP contribution in [0.3, 0.4) is 0 Å². The largest absolute Gasteiger partial charge is 0.467 e. The van der Waals surface area contributed by atoms with Crippen molar-refractivity contribution in [2.45, 2.75) is 33.2 Å². The van der Waals surface area contributed by atoms with Gasteiger partial charge in [-0.25, -0.2) is 14.3 Å². The Balaban J connectivity index is 2.06. The third-order valence-electron chi connectivity index (χ3n) is 4.53. The lowest BCUT2D eigenvalue weighted by Gasteiger charge is -2.21. The van der Waals surface area contributed by atoms with Gasteiger partial charge in [0.15, 0.2) is 6.61 Å². The Morgan fingerprint density at radius 3 is 2.48 bits per heavy atom. The van der Waals surface area contributed by atoms with E-state index in [1.165, 1.54) is 11.8 Å². The fraction of sp³-hybridized carbons (Fsp3) is 0.400. The molecule has 2 atom stereocenters. The number of amides is 1. The summed E-state index contributed by atoms with van der Waals surface area (Å²) in [5.41, 5.74) is 1.14. The molecular weight excluding hydrogens is 398 g/mol. The number of nitrogens with one attached hydrogen (secondary N) is 1. The van der Waals surface area contributed by atoms with Gasteiger partial charge in [-0.05, 0) is 25.0 Å². The first-order valence-corrected chi connectivity index (χ1v) is 9.52. The molecule has 0 radical (unpaired) electrons. The fourth-order valence-electron chi connectivity index (χ4n) is 2.69. The van der Waals surface area contributed by atoms with Crippen molar-refractivity contribution in [1.29, 1.82) is 0 Å². The number of hydrogen-bond acceptors (Lipinski definition) is 6. The minimum absolute atomic E-state index is 0.0785. The lowest BCUT2D eigenvalue weighted by molar-refractivity contribution is -0.147. The van der Waals surface area contributed by atoms with Crippen LogP contribution in [0.1, 0.15) is 36.3 Å². The predicted octanol–water partition coefficient (Wildman–Crippen LogP) is 2.69. The summed E-state index contributed by atoms with van der Waals surface area (Å²) < 4.78 is 11.2. The quantitative estimate of drug-likeness (QED) is 0.658. The van der Waals surface area contributed by atoms with Crippen molar-refractivity contribution >= 4 is 29.4 Å². The van der Waals surface area contributed by atoms with Crippen LogP contribution in [0.4, 0.5) is 0 Å². The van der Waals surface area contributed by atoms with E-state index in [4.69, 9.17) is 21.1 Å². The number of hydrogen-bond donors (Lipinski definition) is 1. The molecule has 8 nitrogen and oxygen atoms in total. The number of rotatable bonds is 8. The van der Waals surface area contributed by atoms with Gasteiger partial charge in [-0.3, -0.25) is 4.79 Å². The van der Waals surface area contributed by atoms with E-state index in [9.17, 15) is 14.4 Å². The van der Waals surface area contributed by atoms with Crippen LogP contribution in [0, 0.1) is 12.8 Å². The Kier molecular flexibility index (Phi) is 7.78. The van der Waals surface area contributed by atoms with Gasteiger partial charge in [0.05, 0.1) is 18.5 Å². The molecule has 29 heavy (non-hydrogen) atoms. The van der Waals surface area contributed by atoms with Crippen molar-refractivity contribution in [3.63, 3.8) is 0 Å². The summed E-state index contributed by atoms with van der Waals surface area (Å²) in [5, 5.41) is 6.90. The summed E-state index contributed by atoms with van der Waals surface area (Å²) in [6, 6.07) is 8.26. The highest BCUT2D eigenvalue weighted by molar-refractivity contribution is 6.33. The zero-order valence-electron chi connectivity index (χ0n) is 16.8. The van der Waals surface area contributed by atoms with Crippen molar-refractivity contribution in [3.8, 4) is 5.69 Å². The molecule has 1 amide bonds. The van der Waals surface area contributed by atoms with Gasteiger partial charge in [-0.1, -0.05) is 50.1 Å². The van der Waals surface area contributed by atoms with Gasteiger partial charge >= 0.3 is 11.9 Å². The van der Waals surface area contributed by atoms with E-state index in [-0.39, 0.29) is 16.6 Å². The van der Waals surface area contributed by atoms with Gasteiger partial charge in [0.25, 0.3) is 5.91 Å². The van der Waals surface area contributed by atoms with E-state index in [2.05, 4.69) is 10.4 Å². The lowest BCUT2D eigenvalue weighted by Crippen LogP contribution is -2.47. The molecule has 1 aromatic heterocycles. The Labute approximate surface area is 174 Å². The zero-order valence-corrected chi connectivity index (χ0v) is 17.5. The normalized spacial score (nSPS) is 12.7. The first-order valence-electron chi connectivity index (χ1n) is 9.14. The van der Waals surface area contributed by atoms with Gasteiger partial charge in [0.2, 0.25) is 0 Å². The van der Waals surface area contributed by atoms with E-state index < -0.39 is 30.5 Å². The maximum Gasteiger partial charge on any atom is 0.343 e. The number of carbonyl (C=O) groups excluding carboxylic acids is 3. The summed E-state index contributed by atoms with van der Waals surface area (Å²) in [4.78, 5) is 36.5. The van der Waals surface area contributed by atoms with Crippen molar-refractivity contribution in [1.82, 2.24) is 15.1 Å². The number of aryl methyl sites for hydroxylation is 1. The third-order valence-corrected chi connectivity index (χ3v) is 4.88. The number of para-hydroxylation sites is 1. The molecule has 0 unspecified atom stereocenters.